The molecular weight excluding hydrogens is 413 g/mol. The molecule has 4 rings (SSSR count). The van der Waals surface area contributed by atoms with E-state index >= 15 is 0 Å². The van der Waals surface area contributed by atoms with E-state index < -0.39 is 6.04 Å². The lowest BCUT2D eigenvalue weighted by Crippen LogP contribution is -2.52. The summed E-state index contributed by atoms with van der Waals surface area (Å²) < 4.78 is 19.4. The number of aliphatic imine (C=N–C) groups is 1. The fraction of sp³-hybridized carbons (Fsp3) is 0.348. The highest BCUT2D eigenvalue weighted by Gasteiger charge is 2.32. The van der Waals surface area contributed by atoms with Gasteiger partial charge in [-0.3, -0.25) is 14.9 Å². The zero-order valence-electron chi connectivity index (χ0n) is 17.9. The van der Waals surface area contributed by atoms with Crippen molar-refractivity contribution in [2.75, 3.05) is 43.0 Å². The van der Waals surface area contributed by atoms with Gasteiger partial charge in [0.15, 0.2) is 0 Å². The second kappa shape index (κ2) is 9.67. The molecule has 2 heterocycles. The number of carbonyl (C=O) groups excluding carboxylic acids is 2. The number of para-hydroxylation sites is 1. The van der Waals surface area contributed by atoms with Gasteiger partial charge in [0.25, 0.3) is 5.91 Å². The fourth-order valence-electron chi connectivity index (χ4n) is 3.79. The molecule has 0 radical (unpaired) electrons. The Morgan fingerprint density at radius 3 is 2.50 bits per heavy atom. The minimum absolute atomic E-state index is 0.0439. The molecule has 0 spiro atoms. The molecule has 8 nitrogen and oxygen atoms in total. The zero-order chi connectivity index (χ0) is 22.5. The van der Waals surface area contributed by atoms with Crippen LogP contribution in [0.1, 0.15) is 13.3 Å². The van der Waals surface area contributed by atoms with Crippen molar-refractivity contribution in [3.05, 3.63) is 54.3 Å². The Labute approximate surface area is 186 Å². The highest BCUT2D eigenvalue weighted by atomic mass is 19.1. The average molecular weight is 439 g/mol. The molecule has 9 heteroatoms. The fourth-order valence-corrected chi connectivity index (χ4v) is 3.79. The van der Waals surface area contributed by atoms with E-state index in [1.54, 1.807) is 36.4 Å². The van der Waals surface area contributed by atoms with E-state index in [9.17, 15) is 14.0 Å². The number of nitrogens with zero attached hydrogens (tertiary/aromatic N) is 3. The number of rotatable bonds is 6. The summed E-state index contributed by atoms with van der Waals surface area (Å²) in [6.45, 7) is 4.88. The number of amides is 2. The van der Waals surface area contributed by atoms with Crippen LogP contribution in [0.15, 0.2) is 53.5 Å². The van der Waals surface area contributed by atoms with Gasteiger partial charge in [0.1, 0.15) is 17.6 Å². The third-order valence-corrected chi connectivity index (χ3v) is 5.42. The number of carbonyl (C=O) groups is 2. The van der Waals surface area contributed by atoms with Crippen LogP contribution in [0.2, 0.25) is 0 Å². The van der Waals surface area contributed by atoms with Crippen LogP contribution in [0.25, 0.3) is 0 Å². The van der Waals surface area contributed by atoms with Crippen molar-refractivity contribution in [2.24, 2.45) is 4.99 Å². The number of piperazine rings is 1. The topological polar surface area (TPSA) is 86.3 Å². The predicted octanol–water partition coefficient (Wildman–Crippen LogP) is 2.23. The number of benzene rings is 2. The summed E-state index contributed by atoms with van der Waals surface area (Å²) in [7, 11) is 0. The van der Waals surface area contributed by atoms with Crippen molar-refractivity contribution < 1.29 is 18.7 Å². The van der Waals surface area contributed by atoms with Crippen molar-refractivity contribution in [1.29, 1.82) is 0 Å². The first kappa shape index (κ1) is 21.6. The summed E-state index contributed by atoms with van der Waals surface area (Å²) >= 11 is 0. The Bertz CT molecular complexity index is 1000. The number of anilines is 2. The molecule has 0 aliphatic carbocycles. The number of nitrogens with one attached hydrogen (secondary N) is 2. The zero-order valence-corrected chi connectivity index (χ0v) is 17.9. The largest absolute Gasteiger partial charge is 0.494 e. The molecule has 1 unspecified atom stereocenters. The monoisotopic (exact) mass is 439 g/mol. The Morgan fingerprint density at radius 1 is 1.12 bits per heavy atom. The summed E-state index contributed by atoms with van der Waals surface area (Å²) in [6.07, 6.45) is -0.0439. The SMILES string of the molecule is CCOc1ccc(NC(=O)CC2N=C(N3CCN(c4ccccc4F)CC3)NC2=O)cc1. The third-order valence-electron chi connectivity index (χ3n) is 5.42. The van der Waals surface area contributed by atoms with Gasteiger partial charge in [0.05, 0.1) is 18.7 Å². The molecule has 2 aliphatic heterocycles. The van der Waals surface area contributed by atoms with Gasteiger partial charge < -0.3 is 19.9 Å². The standard InChI is InChI=1S/C23H26FN5O3/c1-2-32-17-9-7-16(8-10-17)25-21(30)15-19-22(31)27-23(26-19)29-13-11-28(12-14-29)20-6-4-3-5-18(20)24/h3-10,19H,2,11-15H2,1H3,(H,25,30)(H,26,27,31). The summed E-state index contributed by atoms with van der Waals surface area (Å²) in [5, 5.41) is 5.56. The molecule has 1 saturated heterocycles. The quantitative estimate of drug-likeness (QED) is 0.721. The lowest BCUT2D eigenvalue weighted by atomic mass is 10.2. The Hall–Kier alpha value is -3.62. The van der Waals surface area contributed by atoms with Crippen molar-refractivity contribution in [2.45, 2.75) is 19.4 Å². The van der Waals surface area contributed by atoms with Crippen LogP contribution in [0.5, 0.6) is 5.75 Å². The minimum Gasteiger partial charge on any atom is -0.494 e. The lowest BCUT2D eigenvalue weighted by molar-refractivity contribution is -0.123. The highest BCUT2D eigenvalue weighted by Crippen LogP contribution is 2.21. The third kappa shape index (κ3) is 4.99. The first-order chi connectivity index (χ1) is 15.5. The number of hydrogen-bond acceptors (Lipinski definition) is 6. The Kier molecular flexibility index (Phi) is 6.53. The van der Waals surface area contributed by atoms with Gasteiger partial charge in [-0.1, -0.05) is 12.1 Å². The van der Waals surface area contributed by atoms with E-state index in [0.29, 0.717) is 50.1 Å². The van der Waals surface area contributed by atoms with Crippen LogP contribution in [0, 0.1) is 5.82 Å². The van der Waals surface area contributed by atoms with Crippen LogP contribution in [-0.2, 0) is 9.59 Å². The Morgan fingerprint density at radius 2 is 1.81 bits per heavy atom. The second-order valence-corrected chi connectivity index (χ2v) is 7.59. The maximum Gasteiger partial charge on any atom is 0.252 e. The van der Waals surface area contributed by atoms with Crippen molar-refractivity contribution in [3.63, 3.8) is 0 Å². The van der Waals surface area contributed by atoms with Crippen molar-refractivity contribution in [1.82, 2.24) is 10.2 Å². The summed E-state index contributed by atoms with van der Waals surface area (Å²) in [5.41, 5.74) is 1.21. The summed E-state index contributed by atoms with van der Waals surface area (Å²) in [5.74, 6) is 0.375. The van der Waals surface area contributed by atoms with Gasteiger partial charge in [0.2, 0.25) is 11.9 Å². The van der Waals surface area contributed by atoms with Crippen LogP contribution in [0.4, 0.5) is 15.8 Å². The highest BCUT2D eigenvalue weighted by molar-refractivity contribution is 6.07. The molecule has 32 heavy (non-hydrogen) atoms. The van der Waals surface area contributed by atoms with Gasteiger partial charge in [-0.15, -0.1) is 0 Å². The van der Waals surface area contributed by atoms with Gasteiger partial charge in [-0.2, -0.15) is 0 Å². The van der Waals surface area contributed by atoms with E-state index in [2.05, 4.69) is 15.6 Å². The van der Waals surface area contributed by atoms with E-state index in [0.717, 1.165) is 5.75 Å². The lowest BCUT2D eigenvalue weighted by Gasteiger charge is -2.36. The van der Waals surface area contributed by atoms with Crippen LogP contribution < -0.4 is 20.3 Å². The van der Waals surface area contributed by atoms with E-state index in [4.69, 9.17) is 4.74 Å². The van der Waals surface area contributed by atoms with E-state index in [-0.39, 0.29) is 24.1 Å². The molecule has 0 bridgehead atoms. The molecular formula is C23H26FN5O3. The molecule has 168 valence electrons. The molecule has 0 saturated carbocycles. The summed E-state index contributed by atoms with van der Waals surface area (Å²) in [4.78, 5) is 33.1. The minimum atomic E-state index is -0.766. The van der Waals surface area contributed by atoms with E-state index in [1.165, 1.54) is 6.07 Å². The van der Waals surface area contributed by atoms with Gasteiger partial charge in [-0.25, -0.2) is 9.38 Å². The van der Waals surface area contributed by atoms with Crippen LogP contribution in [-0.4, -0.2) is 61.5 Å². The molecule has 1 atom stereocenters. The molecule has 2 aromatic rings. The average Bonchev–Trinajstić information content (AvgIpc) is 3.16. The predicted molar refractivity (Wildman–Crippen MR) is 120 cm³/mol. The number of halogens is 1. The maximum atomic E-state index is 14.0. The second-order valence-electron chi connectivity index (χ2n) is 7.59. The van der Waals surface area contributed by atoms with Crippen molar-refractivity contribution >= 4 is 29.1 Å². The first-order valence-corrected chi connectivity index (χ1v) is 10.7. The first-order valence-electron chi connectivity index (χ1n) is 10.7. The van der Waals surface area contributed by atoms with Crippen molar-refractivity contribution in [3.8, 4) is 5.75 Å². The van der Waals surface area contributed by atoms with E-state index in [1.807, 2.05) is 22.8 Å². The number of hydrogen-bond donors (Lipinski definition) is 2. The number of ether oxygens (including phenoxy) is 1. The molecule has 1 fully saturated rings. The molecule has 0 aromatic heterocycles. The molecule has 2 aliphatic rings. The molecule has 2 aromatic carbocycles. The van der Waals surface area contributed by atoms with Gasteiger partial charge in [-0.05, 0) is 43.3 Å². The normalized spacial score (nSPS) is 18.2. The van der Waals surface area contributed by atoms with Crippen LogP contribution in [0.3, 0.4) is 0 Å². The molecule has 2 N–H and O–H groups in total. The van der Waals surface area contributed by atoms with Crippen LogP contribution >= 0.6 is 0 Å². The smallest absolute Gasteiger partial charge is 0.252 e. The summed E-state index contributed by atoms with van der Waals surface area (Å²) in [6, 6.07) is 13.0. The Balaban J connectivity index is 1.30. The number of guanidine groups is 1. The maximum absolute atomic E-state index is 14.0. The van der Waals surface area contributed by atoms with Gasteiger partial charge in [0, 0.05) is 31.9 Å². The van der Waals surface area contributed by atoms with Gasteiger partial charge >= 0.3 is 0 Å². The molecule has 2 amide bonds.